The van der Waals surface area contributed by atoms with Crippen molar-refractivity contribution in [2.75, 3.05) is 43.5 Å². The van der Waals surface area contributed by atoms with E-state index in [2.05, 4.69) is 15.4 Å². The summed E-state index contributed by atoms with van der Waals surface area (Å²) in [5.74, 6) is 1.79. The second-order valence-corrected chi connectivity index (χ2v) is 8.60. The average Bonchev–Trinajstić information content (AvgIpc) is 3.49. The van der Waals surface area contributed by atoms with Gasteiger partial charge in [-0.15, -0.1) is 5.10 Å². The van der Waals surface area contributed by atoms with Crippen LogP contribution in [0, 0.1) is 6.92 Å². The number of carbonyl (C=O) groups is 1. The Labute approximate surface area is 193 Å². The van der Waals surface area contributed by atoms with Crippen LogP contribution in [-0.4, -0.2) is 58.8 Å². The van der Waals surface area contributed by atoms with Gasteiger partial charge in [-0.05, 0) is 36.8 Å². The molecule has 1 saturated heterocycles. The fourth-order valence-corrected chi connectivity index (χ4v) is 4.58. The third kappa shape index (κ3) is 4.14. The predicted molar refractivity (Wildman–Crippen MR) is 125 cm³/mol. The molecule has 4 aromatic rings. The topological polar surface area (TPSA) is 105 Å². The molecule has 4 heterocycles. The van der Waals surface area contributed by atoms with Crippen molar-refractivity contribution in [3.63, 3.8) is 0 Å². The van der Waals surface area contributed by atoms with Crippen molar-refractivity contribution in [2.45, 2.75) is 6.92 Å². The largest absolute Gasteiger partial charge is 0.495 e. The van der Waals surface area contributed by atoms with Gasteiger partial charge in [-0.3, -0.25) is 4.79 Å². The first-order valence-electron chi connectivity index (χ1n) is 10.4. The minimum Gasteiger partial charge on any atom is -0.495 e. The van der Waals surface area contributed by atoms with Crippen LogP contribution in [0.2, 0.25) is 0 Å². The lowest BCUT2D eigenvalue weighted by molar-refractivity contribution is 0.208. The van der Waals surface area contributed by atoms with Gasteiger partial charge in [0, 0.05) is 32.2 Å². The standard InChI is InChI=1S/C22H22N6O4S/c1-14-5-6-16(31-2)15(12-14)23-21(30)27-9-7-26(8-10-27)18-13-19(29)28-22(24-18)33-20(25-28)17-4-3-11-32-17/h3-6,11-13H,7-10H2,1-2H3,(H,23,30). The molecule has 0 bridgehead atoms. The lowest BCUT2D eigenvalue weighted by atomic mass is 10.2. The Bertz CT molecular complexity index is 1360. The smallest absolute Gasteiger partial charge is 0.322 e. The van der Waals surface area contributed by atoms with Crippen LogP contribution in [-0.2, 0) is 0 Å². The Morgan fingerprint density at radius 2 is 2.00 bits per heavy atom. The summed E-state index contributed by atoms with van der Waals surface area (Å²) in [5.41, 5.74) is 1.42. The van der Waals surface area contributed by atoms with Crippen molar-refractivity contribution in [2.24, 2.45) is 0 Å². The minimum atomic E-state index is -0.254. The summed E-state index contributed by atoms with van der Waals surface area (Å²) in [5, 5.41) is 7.84. The van der Waals surface area contributed by atoms with E-state index in [0.29, 0.717) is 59.2 Å². The molecule has 1 fully saturated rings. The van der Waals surface area contributed by atoms with Crippen LogP contribution in [0.3, 0.4) is 0 Å². The van der Waals surface area contributed by atoms with E-state index in [1.807, 2.05) is 30.0 Å². The summed E-state index contributed by atoms with van der Waals surface area (Å²) in [4.78, 5) is 34.3. The highest BCUT2D eigenvalue weighted by atomic mass is 32.1. The first kappa shape index (κ1) is 21.0. The molecular weight excluding hydrogens is 444 g/mol. The molecule has 1 aliphatic heterocycles. The zero-order chi connectivity index (χ0) is 22.9. The van der Waals surface area contributed by atoms with E-state index in [1.54, 1.807) is 30.4 Å². The molecule has 5 rings (SSSR count). The number of anilines is 2. The number of nitrogens with zero attached hydrogens (tertiary/aromatic N) is 5. The highest BCUT2D eigenvalue weighted by molar-refractivity contribution is 7.19. The fourth-order valence-electron chi connectivity index (χ4n) is 3.71. The van der Waals surface area contributed by atoms with Crippen LogP contribution >= 0.6 is 11.3 Å². The number of aromatic nitrogens is 3. The molecule has 1 N–H and O–H groups in total. The van der Waals surface area contributed by atoms with Crippen molar-refractivity contribution in [1.29, 1.82) is 0 Å². The zero-order valence-corrected chi connectivity index (χ0v) is 19.0. The van der Waals surface area contributed by atoms with E-state index in [0.717, 1.165) is 5.56 Å². The molecule has 0 radical (unpaired) electrons. The van der Waals surface area contributed by atoms with E-state index in [-0.39, 0.29) is 11.6 Å². The number of aryl methyl sites for hydroxylation is 1. The maximum Gasteiger partial charge on any atom is 0.322 e. The van der Waals surface area contributed by atoms with Crippen molar-refractivity contribution in [3.05, 3.63) is 58.6 Å². The summed E-state index contributed by atoms with van der Waals surface area (Å²) in [7, 11) is 1.58. The first-order valence-corrected chi connectivity index (χ1v) is 11.2. The second kappa shape index (κ2) is 8.58. The maximum atomic E-state index is 12.8. The van der Waals surface area contributed by atoms with Gasteiger partial charge >= 0.3 is 6.03 Å². The molecular formula is C22H22N6O4S. The van der Waals surface area contributed by atoms with Crippen LogP contribution in [0.25, 0.3) is 15.7 Å². The van der Waals surface area contributed by atoms with Crippen LogP contribution in [0.1, 0.15) is 5.56 Å². The van der Waals surface area contributed by atoms with Crippen LogP contribution in [0.5, 0.6) is 5.75 Å². The minimum absolute atomic E-state index is 0.187. The van der Waals surface area contributed by atoms with Gasteiger partial charge in [0.25, 0.3) is 5.56 Å². The zero-order valence-electron chi connectivity index (χ0n) is 18.1. The number of rotatable bonds is 4. The molecule has 1 aromatic carbocycles. The molecule has 3 aromatic heterocycles. The lowest BCUT2D eigenvalue weighted by Gasteiger charge is -2.35. The number of carbonyl (C=O) groups excluding carboxylic acids is 1. The molecule has 0 saturated carbocycles. The summed E-state index contributed by atoms with van der Waals surface area (Å²) < 4.78 is 12.0. The van der Waals surface area contributed by atoms with E-state index in [4.69, 9.17) is 9.15 Å². The monoisotopic (exact) mass is 466 g/mol. The number of piperazine rings is 1. The molecule has 11 heteroatoms. The summed E-state index contributed by atoms with van der Waals surface area (Å²) in [6.45, 7) is 4.08. The van der Waals surface area contributed by atoms with Gasteiger partial charge in [0.1, 0.15) is 11.6 Å². The SMILES string of the molecule is COc1ccc(C)cc1NC(=O)N1CCN(c2cc(=O)n3nc(-c4ccco4)sc3n2)CC1. The van der Waals surface area contributed by atoms with E-state index in [9.17, 15) is 9.59 Å². The van der Waals surface area contributed by atoms with Crippen molar-refractivity contribution < 1.29 is 13.9 Å². The number of amides is 2. The molecule has 0 unspecified atom stereocenters. The second-order valence-electron chi connectivity index (χ2n) is 7.64. The maximum absolute atomic E-state index is 12.8. The Morgan fingerprint density at radius 1 is 1.18 bits per heavy atom. The number of ether oxygens (including phenoxy) is 1. The van der Waals surface area contributed by atoms with Crippen molar-refractivity contribution >= 4 is 33.8 Å². The van der Waals surface area contributed by atoms with Crippen molar-refractivity contribution in [3.8, 4) is 16.5 Å². The summed E-state index contributed by atoms with van der Waals surface area (Å²) >= 11 is 1.29. The number of methoxy groups -OCH3 is 1. The Morgan fingerprint density at radius 3 is 2.73 bits per heavy atom. The van der Waals surface area contributed by atoms with E-state index >= 15 is 0 Å². The lowest BCUT2D eigenvalue weighted by Crippen LogP contribution is -2.50. The van der Waals surface area contributed by atoms with Gasteiger partial charge < -0.3 is 24.3 Å². The average molecular weight is 467 g/mol. The fraction of sp³-hybridized carbons (Fsp3) is 0.273. The van der Waals surface area contributed by atoms with Gasteiger partial charge in [0.05, 0.1) is 19.1 Å². The van der Waals surface area contributed by atoms with E-state index < -0.39 is 0 Å². The van der Waals surface area contributed by atoms with Gasteiger partial charge in [-0.2, -0.15) is 4.52 Å². The molecule has 33 heavy (non-hydrogen) atoms. The molecule has 2 amide bonds. The predicted octanol–water partition coefficient (Wildman–Crippen LogP) is 3.08. The molecule has 10 nitrogen and oxygen atoms in total. The van der Waals surface area contributed by atoms with Gasteiger partial charge in [0.2, 0.25) is 4.96 Å². The third-order valence-electron chi connectivity index (χ3n) is 5.45. The van der Waals surface area contributed by atoms with E-state index in [1.165, 1.54) is 21.9 Å². The summed E-state index contributed by atoms with van der Waals surface area (Å²) in [6.07, 6.45) is 1.56. The Kier molecular flexibility index (Phi) is 5.47. The number of nitrogens with one attached hydrogen (secondary N) is 1. The Balaban J connectivity index is 1.28. The highest BCUT2D eigenvalue weighted by Crippen LogP contribution is 2.27. The van der Waals surface area contributed by atoms with Crippen LogP contribution in [0.15, 0.2) is 51.9 Å². The quantitative estimate of drug-likeness (QED) is 0.493. The van der Waals surface area contributed by atoms with Crippen LogP contribution in [0.4, 0.5) is 16.3 Å². The van der Waals surface area contributed by atoms with Crippen molar-refractivity contribution in [1.82, 2.24) is 19.5 Å². The van der Waals surface area contributed by atoms with Gasteiger partial charge in [-0.1, -0.05) is 17.4 Å². The molecule has 0 aliphatic carbocycles. The third-order valence-corrected chi connectivity index (χ3v) is 6.37. The summed E-state index contributed by atoms with van der Waals surface area (Å²) in [6, 6.07) is 10.5. The number of fused-ring (bicyclic) bond motifs is 1. The Hall–Kier alpha value is -3.86. The van der Waals surface area contributed by atoms with Gasteiger partial charge in [-0.25, -0.2) is 9.78 Å². The number of benzene rings is 1. The molecule has 0 spiro atoms. The number of furan rings is 1. The van der Waals surface area contributed by atoms with Gasteiger partial charge in [0.15, 0.2) is 10.8 Å². The number of hydrogen-bond donors (Lipinski definition) is 1. The highest BCUT2D eigenvalue weighted by Gasteiger charge is 2.24. The normalized spacial score (nSPS) is 14.0. The first-order chi connectivity index (χ1) is 16.0. The molecule has 0 atom stereocenters. The number of hydrogen-bond acceptors (Lipinski definition) is 8. The molecule has 1 aliphatic rings. The van der Waals surface area contributed by atoms with Crippen LogP contribution < -0.4 is 20.5 Å². The molecule has 170 valence electrons. The number of urea groups is 1.